The van der Waals surface area contributed by atoms with Crippen LogP contribution in [0.5, 0.6) is 0 Å². The number of rotatable bonds is 7. The van der Waals surface area contributed by atoms with Gasteiger partial charge < -0.3 is 10.4 Å². The summed E-state index contributed by atoms with van der Waals surface area (Å²) < 4.78 is 24.2. The molecule has 1 atom stereocenters. The third kappa shape index (κ3) is 5.09. The van der Waals surface area contributed by atoms with Crippen molar-refractivity contribution >= 4 is 21.9 Å². The topological polar surface area (TPSA) is 104 Å². The smallest absolute Gasteiger partial charge is 0.308 e. The fourth-order valence-electron chi connectivity index (χ4n) is 2.16. The second-order valence-corrected chi connectivity index (χ2v) is 7.56. The molecule has 1 heterocycles. The maximum atomic E-state index is 11.7. The van der Waals surface area contributed by atoms with E-state index in [1.165, 1.54) is 0 Å². The molecule has 116 valence electrons. The summed E-state index contributed by atoms with van der Waals surface area (Å²) in [5.41, 5.74) is 0. The van der Waals surface area contributed by atoms with Crippen LogP contribution in [-0.2, 0) is 19.6 Å². The van der Waals surface area contributed by atoms with E-state index in [0.717, 1.165) is 4.31 Å². The van der Waals surface area contributed by atoms with Gasteiger partial charge in [-0.3, -0.25) is 9.59 Å². The van der Waals surface area contributed by atoms with Crippen molar-refractivity contribution in [3.63, 3.8) is 0 Å². The van der Waals surface area contributed by atoms with Gasteiger partial charge >= 0.3 is 5.97 Å². The first-order chi connectivity index (χ1) is 9.22. The maximum Gasteiger partial charge on any atom is 0.308 e. The van der Waals surface area contributed by atoms with Gasteiger partial charge in [0.25, 0.3) is 0 Å². The molecule has 1 rings (SSSR count). The Morgan fingerprint density at radius 3 is 2.45 bits per heavy atom. The highest BCUT2D eigenvalue weighted by atomic mass is 32.2. The van der Waals surface area contributed by atoms with Crippen molar-refractivity contribution < 1.29 is 23.1 Å². The second-order valence-electron chi connectivity index (χ2n) is 5.47. The first kappa shape index (κ1) is 16.9. The molecule has 1 fully saturated rings. The lowest BCUT2D eigenvalue weighted by atomic mass is 9.97. The van der Waals surface area contributed by atoms with Crippen LogP contribution in [0.25, 0.3) is 0 Å². The third-order valence-electron chi connectivity index (χ3n) is 3.17. The average molecular weight is 306 g/mol. The summed E-state index contributed by atoms with van der Waals surface area (Å²) in [7, 11) is -3.30. The van der Waals surface area contributed by atoms with Gasteiger partial charge in [0.2, 0.25) is 15.9 Å². The van der Waals surface area contributed by atoms with E-state index >= 15 is 0 Å². The van der Waals surface area contributed by atoms with E-state index in [-0.39, 0.29) is 24.8 Å². The van der Waals surface area contributed by atoms with Gasteiger partial charge in [0.1, 0.15) is 0 Å². The van der Waals surface area contributed by atoms with Crippen LogP contribution in [0, 0.1) is 11.8 Å². The predicted molar refractivity (Wildman–Crippen MR) is 73.6 cm³/mol. The van der Waals surface area contributed by atoms with E-state index in [4.69, 9.17) is 5.11 Å². The van der Waals surface area contributed by atoms with Gasteiger partial charge in [-0.05, 0) is 18.8 Å². The molecule has 1 aliphatic heterocycles. The Morgan fingerprint density at radius 2 is 2.00 bits per heavy atom. The molecule has 8 heteroatoms. The quantitative estimate of drug-likeness (QED) is 0.683. The van der Waals surface area contributed by atoms with Crippen LogP contribution < -0.4 is 5.32 Å². The van der Waals surface area contributed by atoms with Gasteiger partial charge in [0.15, 0.2) is 0 Å². The molecule has 0 aromatic carbocycles. The number of carboxylic acid groups (broad SMARTS) is 1. The van der Waals surface area contributed by atoms with Crippen molar-refractivity contribution in [2.24, 2.45) is 11.8 Å². The van der Waals surface area contributed by atoms with Crippen molar-refractivity contribution in [1.29, 1.82) is 0 Å². The fraction of sp³-hybridized carbons (Fsp3) is 0.833. The normalized spacial score (nSPS) is 19.9. The highest BCUT2D eigenvalue weighted by Gasteiger charge is 2.30. The molecule has 0 bridgehead atoms. The van der Waals surface area contributed by atoms with Crippen molar-refractivity contribution in [2.45, 2.75) is 26.7 Å². The SMILES string of the molecule is CC(C)CC(CNC(=O)CN1CCCS1(=O)=O)C(=O)O. The van der Waals surface area contributed by atoms with E-state index < -0.39 is 27.8 Å². The van der Waals surface area contributed by atoms with Crippen molar-refractivity contribution in [1.82, 2.24) is 9.62 Å². The standard InChI is InChI=1S/C12H22N2O5S/c1-9(2)6-10(12(16)17)7-13-11(15)8-14-4-3-5-20(14,18)19/h9-10H,3-8H2,1-2H3,(H,13,15)(H,16,17). The zero-order chi connectivity index (χ0) is 15.3. The Morgan fingerprint density at radius 1 is 1.35 bits per heavy atom. The number of aliphatic carboxylic acids is 1. The molecule has 1 unspecified atom stereocenters. The Labute approximate surface area is 119 Å². The number of hydrogen-bond acceptors (Lipinski definition) is 4. The van der Waals surface area contributed by atoms with Gasteiger partial charge in [-0.15, -0.1) is 0 Å². The number of nitrogens with one attached hydrogen (secondary N) is 1. The molecule has 1 saturated heterocycles. The highest BCUT2D eigenvalue weighted by Crippen LogP contribution is 2.13. The molecule has 2 N–H and O–H groups in total. The Balaban J connectivity index is 2.44. The number of carbonyl (C=O) groups is 2. The lowest BCUT2D eigenvalue weighted by molar-refractivity contribution is -0.142. The summed E-state index contributed by atoms with van der Waals surface area (Å²) in [6.07, 6.45) is 0.998. The van der Waals surface area contributed by atoms with Crippen LogP contribution >= 0.6 is 0 Å². The molecule has 0 spiro atoms. The van der Waals surface area contributed by atoms with E-state index in [0.29, 0.717) is 19.4 Å². The van der Waals surface area contributed by atoms with Crippen LogP contribution in [-0.4, -0.2) is 55.1 Å². The molecule has 0 aliphatic carbocycles. The second kappa shape index (κ2) is 7.03. The first-order valence-corrected chi connectivity index (χ1v) is 8.30. The van der Waals surface area contributed by atoms with Gasteiger partial charge in [0.05, 0.1) is 18.2 Å². The van der Waals surface area contributed by atoms with Gasteiger partial charge in [-0.1, -0.05) is 13.8 Å². The monoisotopic (exact) mass is 306 g/mol. The molecule has 20 heavy (non-hydrogen) atoms. The van der Waals surface area contributed by atoms with Gasteiger partial charge in [-0.2, -0.15) is 4.31 Å². The molecular weight excluding hydrogens is 284 g/mol. The Hall–Kier alpha value is -1.15. The molecule has 0 aromatic heterocycles. The number of carbonyl (C=O) groups excluding carboxylic acids is 1. The number of carboxylic acids is 1. The highest BCUT2D eigenvalue weighted by molar-refractivity contribution is 7.89. The summed E-state index contributed by atoms with van der Waals surface area (Å²) in [6, 6.07) is 0. The zero-order valence-electron chi connectivity index (χ0n) is 11.8. The summed E-state index contributed by atoms with van der Waals surface area (Å²) in [6.45, 7) is 3.98. The van der Waals surface area contributed by atoms with Crippen LogP contribution in [0.4, 0.5) is 0 Å². The van der Waals surface area contributed by atoms with Crippen LogP contribution in [0.15, 0.2) is 0 Å². The lowest BCUT2D eigenvalue weighted by Crippen LogP contribution is -2.41. The minimum absolute atomic E-state index is 0.0280. The van der Waals surface area contributed by atoms with E-state index in [2.05, 4.69) is 5.32 Å². The molecule has 7 nitrogen and oxygen atoms in total. The molecule has 0 saturated carbocycles. The largest absolute Gasteiger partial charge is 0.481 e. The zero-order valence-corrected chi connectivity index (χ0v) is 12.6. The Bertz CT molecular complexity index is 460. The average Bonchev–Trinajstić information content (AvgIpc) is 2.63. The third-order valence-corrected chi connectivity index (χ3v) is 5.08. The lowest BCUT2D eigenvalue weighted by Gasteiger charge is -2.17. The number of sulfonamides is 1. The van der Waals surface area contributed by atoms with Crippen molar-refractivity contribution in [2.75, 3.05) is 25.4 Å². The summed E-state index contributed by atoms with van der Waals surface area (Å²) in [5, 5.41) is 11.6. The van der Waals surface area contributed by atoms with Crippen LogP contribution in [0.3, 0.4) is 0 Å². The number of nitrogens with zero attached hydrogens (tertiary/aromatic N) is 1. The van der Waals surface area contributed by atoms with Crippen molar-refractivity contribution in [3.8, 4) is 0 Å². The van der Waals surface area contributed by atoms with Crippen LogP contribution in [0.2, 0.25) is 0 Å². The Kier molecular flexibility index (Phi) is 5.94. The predicted octanol–water partition coefficient (Wildman–Crippen LogP) is -0.115. The van der Waals surface area contributed by atoms with Crippen molar-refractivity contribution in [3.05, 3.63) is 0 Å². The summed E-state index contributed by atoms with van der Waals surface area (Å²) in [4.78, 5) is 22.7. The van der Waals surface area contributed by atoms with Gasteiger partial charge in [-0.25, -0.2) is 8.42 Å². The minimum atomic E-state index is -3.30. The maximum absolute atomic E-state index is 11.7. The van der Waals surface area contributed by atoms with Gasteiger partial charge in [0, 0.05) is 13.1 Å². The summed E-state index contributed by atoms with van der Waals surface area (Å²) in [5.74, 6) is -1.76. The van der Waals surface area contributed by atoms with E-state index in [1.54, 1.807) is 0 Å². The summed E-state index contributed by atoms with van der Waals surface area (Å²) >= 11 is 0. The molecule has 1 amide bonds. The molecular formula is C12H22N2O5S. The fourth-order valence-corrected chi connectivity index (χ4v) is 3.64. The minimum Gasteiger partial charge on any atom is -0.481 e. The molecule has 0 aromatic rings. The van der Waals surface area contributed by atoms with E-state index in [9.17, 15) is 18.0 Å². The number of hydrogen-bond donors (Lipinski definition) is 2. The first-order valence-electron chi connectivity index (χ1n) is 6.69. The number of amides is 1. The molecule has 1 aliphatic rings. The van der Waals surface area contributed by atoms with E-state index in [1.807, 2.05) is 13.8 Å². The molecule has 0 radical (unpaired) electrons. The van der Waals surface area contributed by atoms with Crippen LogP contribution in [0.1, 0.15) is 26.7 Å².